The molecule has 4 aromatic rings. The topological polar surface area (TPSA) is 42.7 Å². The molecule has 1 aliphatic heterocycles. The predicted octanol–water partition coefficient (Wildman–Crippen LogP) is 5.47. The highest BCUT2D eigenvalue weighted by molar-refractivity contribution is 6.30. The van der Waals surface area contributed by atoms with Crippen LogP contribution in [0.5, 0.6) is 5.75 Å². The molecule has 0 radical (unpaired) electrons. The Balaban J connectivity index is 1.60. The number of fused-ring (bicyclic) bond motifs is 3. The van der Waals surface area contributed by atoms with Crippen LogP contribution < -0.4 is 15.1 Å². The lowest BCUT2D eigenvalue weighted by Crippen LogP contribution is -2.32. The van der Waals surface area contributed by atoms with E-state index in [0.29, 0.717) is 34.8 Å². The van der Waals surface area contributed by atoms with Gasteiger partial charge in [0.05, 0.1) is 23.1 Å². The number of nitrogens with zero attached hydrogens (tertiary/aromatic N) is 1. The van der Waals surface area contributed by atoms with E-state index in [1.807, 2.05) is 60.7 Å². The van der Waals surface area contributed by atoms with Crippen LogP contribution in [0.3, 0.4) is 0 Å². The molecule has 0 amide bonds. The lowest BCUT2D eigenvalue weighted by atomic mass is 10.0. The second-order valence-electron chi connectivity index (χ2n) is 6.71. The van der Waals surface area contributed by atoms with E-state index in [2.05, 4.69) is 4.90 Å². The minimum Gasteiger partial charge on any atom is -0.473 e. The molecule has 0 N–H and O–H groups in total. The molecule has 0 aliphatic carbocycles. The first-order chi connectivity index (χ1) is 13.7. The van der Waals surface area contributed by atoms with Crippen molar-refractivity contribution in [2.75, 3.05) is 11.6 Å². The van der Waals surface area contributed by atoms with Crippen LogP contribution in [-0.4, -0.2) is 6.73 Å². The lowest BCUT2D eigenvalue weighted by molar-refractivity contribution is 0.289. The summed E-state index contributed by atoms with van der Waals surface area (Å²) in [6.45, 7) is 1.01. The highest BCUT2D eigenvalue weighted by Gasteiger charge is 2.23. The summed E-state index contributed by atoms with van der Waals surface area (Å²) < 4.78 is 11.9. The van der Waals surface area contributed by atoms with Crippen LogP contribution in [0, 0.1) is 0 Å². The molecule has 28 heavy (non-hydrogen) atoms. The fourth-order valence-electron chi connectivity index (χ4n) is 3.54. The summed E-state index contributed by atoms with van der Waals surface area (Å²) in [5, 5.41) is 1.24. The van der Waals surface area contributed by atoms with Gasteiger partial charge in [0.25, 0.3) is 0 Å². The molecule has 0 unspecified atom stereocenters. The van der Waals surface area contributed by atoms with Gasteiger partial charge in [0.15, 0.2) is 6.73 Å². The van der Waals surface area contributed by atoms with Crippen molar-refractivity contribution >= 4 is 28.3 Å². The first-order valence-electron chi connectivity index (χ1n) is 8.97. The minimum absolute atomic E-state index is 0.0427. The van der Waals surface area contributed by atoms with E-state index < -0.39 is 0 Å². The van der Waals surface area contributed by atoms with Gasteiger partial charge in [-0.05, 0) is 42.0 Å². The van der Waals surface area contributed by atoms with Crippen LogP contribution >= 0.6 is 11.6 Å². The van der Waals surface area contributed by atoms with Crippen molar-refractivity contribution in [1.82, 2.24) is 0 Å². The minimum atomic E-state index is -0.0427. The summed E-state index contributed by atoms with van der Waals surface area (Å²) in [5.74, 6) is 0.744. The quantitative estimate of drug-likeness (QED) is 0.456. The van der Waals surface area contributed by atoms with Crippen molar-refractivity contribution in [3.63, 3.8) is 0 Å². The Morgan fingerprint density at radius 3 is 2.50 bits per heavy atom. The van der Waals surface area contributed by atoms with E-state index in [4.69, 9.17) is 20.8 Å². The second kappa shape index (κ2) is 6.73. The smallest absolute Gasteiger partial charge is 0.200 e. The molecule has 2 heterocycles. The first-order valence-corrected chi connectivity index (χ1v) is 9.34. The van der Waals surface area contributed by atoms with Crippen molar-refractivity contribution in [2.24, 2.45) is 0 Å². The monoisotopic (exact) mass is 389 g/mol. The molecular weight excluding hydrogens is 374 g/mol. The number of anilines is 1. The summed E-state index contributed by atoms with van der Waals surface area (Å²) in [6, 6.07) is 20.8. The fourth-order valence-corrected chi connectivity index (χ4v) is 3.67. The molecule has 0 bridgehead atoms. The number of rotatable bonds is 2. The maximum Gasteiger partial charge on any atom is 0.200 e. The molecule has 0 fully saturated rings. The molecule has 5 heteroatoms. The summed E-state index contributed by atoms with van der Waals surface area (Å²) in [6.07, 6.45) is 1.54. The van der Waals surface area contributed by atoms with Crippen LogP contribution in [0.1, 0.15) is 5.56 Å². The third-order valence-corrected chi connectivity index (χ3v) is 5.25. The molecule has 4 nitrogen and oxygen atoms in total. The Morgan fingerprint density at radius 1 is 0.929 bits per heavy atom. The zero-order valence-corrected chi connectivity index (χ0v) is 15.6. The predicted molar refractivity (Wildman–Crippen MR) is 111 cm³/mol. The van der Waals surface area contributed by atoms with Crippen LogP contribution in [0.2, 0.25) is 5.02 Å². The molecule has 0 atom stereocenters. The number of benzene rings is 3. The van der Waals surface area contributed by atoms with Gasteiger partial charge in [-0.1, -0.05) is 41.9 Å². The molecule has 1 aromatic heterocycles. The van der Waals surface area contributed by atoms with E-state index in [1.54, 1.807) is 12.3 Å². The zero-order valence-electron chi connectivity index (χ0n) is 14.9. The average molecular weight is 390 g/mol. The van der Waals surface area contributed by atoms with Crippen molar-refractivity contribution < 1.29 is 9.15 Å². The normalized spacial score (nSPS) is 13.2. The summed E-state index contributed by atoms with van der Waals surface area (Å²) >= 11 is 5.99. The maximum absolute atomic E-state index is 13.1. The highest BCUT2D eigenvalue weighted by Crippen LogP contribution is 2.34. The molecule has 138 valence electrons. The van der Waals surface area contributed by atoms with Gasteiger partial charge in [0, 0.05) is 10.7 Å². The van der Waals surface area contributed by atoms with Gasteiger partial charge in [0.1, 0.15) is 17.6 Å². The molecule has 5 rings (SSSR count). The summed E-state index contributed by atoms with van der Waals surface area (Å²) in [5.41, 5.74) is 3.79. The average Bonchev–Trinajstić information content (AvgIpc) is 2.75. The fraction of sp³-hybridized carbons (Fsp3) is 0.0870. The Bertz CT molecular complexity index is 1220. The largest absolute Gasteiger partial charge is 0.473 e. The van der Waals surface area contributed by atoms with Gasteiger partial charge < -0.3 is 14.1 Å². The number of hydrogen-bond donors (Lipinski definition) is 0. The lowest BCUT2D eigenvalue weighted by Gasteiger charge is -2.31. The van der Waals surface area contributed by atoms with E-state index in [9.17, 15) is 4.79 Å². The number of ether oxygens (including phenoxy) is 1. The van der Waals surface area contributed by atoms with Gasteiger partial charge in [-0.15, -0.1) is 0 Å². The molecular formula is C23H16ClNO3. The summed E-state index contributed by atoms with van der Waals surface area (Å²) in [7, 11) is 0. The second-order valence-corrected chi connectivity index (χ2v) is 7.15. The third-order valence-electron chi connectivity index (χ3n) is 5.00. The molecule has 0 saturated carbocycles. The third kappa shape index (κ3) is 2.83. The van der Waals surface area contributed by atoms with Gasteiger partial charge in [-0.25, -0.2) is 0 Å². The van der Waals surface area contributed by atoms with Gasteiger partial charge in [-0.2, -0.15) is 0 Å². The molecule has 0 saturated heterocycles. The highest BCUT2D eigenvalue weighted by atomic mass is 35.5. The van der Waals surface area contributed by atoms with Crippen molar-refractivity contribution in [1.29, 1.82) is 0 Å². The van der Waals surface area contributed by atoms with Crippen molar-refractivity contribution in [3.05, 3.63) is 93.8 Å². The molecule has 0 spiro atoms. The Kier molecular flexibility index (Phi) is 4.06. The van der Waals surface area contributed by atoms with Crippen molar-refractivity contribution in [3.8, 4) is 16.9 Å². The summed E-state index contributed by atoms with van der Waals surface area (Å²) in [4.78, 5) is 15.1. The van der Waals surface area contributed by atoms with Gasteiger partial charge in [-0.3, -0.25) is 4.79 Å². The molecule has 3 aromatic carbocycles. The van der Waals surface area contributed by atoms with Crippen LogP contribution in [-0.2, 0) is 6.54 Å². The Labute approximate surface area is 166 Å². The molecule has 1 aliphatic rings. The maximum atomic E-state index is 13.1. The number of halogens is 1. The van der Waals surface area contributed by atoms with Gasteiger partial charge in [0.2, 0.25) is 5.43 Å². The van der Waals surface area contributed by atoms with E-state index in [1.165, 1.54) is 0 Å². The van der Waals surface area contributed by atoms with E-state index >= 15 is 0 Å². The van der Waals surface area contributed by atoms with Crippen LogP contribution in [0.25, 0.3) is 22.1 Å². The first kappa shape index (κ1) is 16.9. The Morgan fingerprint density at radius 2 is 1.71 bits per heavy atom. The van der Waals surface area contributed by atoms with E-state index in [-0.39, 0.29) is 5.43 Å². The zero-order chi connectivity index (χ0) is 19.1. The van der Waals surface area contributed by atoms with Gasteiger partial charge >= 0.3 is 0 Å². The van der Waals surface area contributed by atoms with Crippen LogP contribution in [0.4, 0.5) is 5.69 Å². The number of hydrogen-bond acceptors (Lipinski definition) is 4. The van der Waals surface area contributed by atoms with Crippen molar-refractivity contribution in [2.45, 2.75) is 6.54 Å². The SMILES string of the molecule is O=c1c(-c2ccccc2)coc2c3c(ccc12)OCN(c1ccc(Cl)cc1)C3. The van der Waals surface area contributed by atoms with E-state index in [0.717, 1.165) is 22.6 Å². The Hall–Kier alpha value is -3.24. The standard InChI is InChI=1S/C23H16ClNO3/c24-16-6-8-17(9-7-16)25-12-19-21(28-14-25)11-10-18-22(26)20(13-27-23(18)19)15-4-2-1-3-5-15/h1-11,13H,12,14H2. The van der Waals surface area contributed by atoms with Crippen LogP contribution in [0.15, 0.2) is 82.2 Å².